The molecule has 15 heavy (non-hydrogen) atoms. The number of aromatic nitrogens is 3. The van der Waals surface area contributed by atoms with Crippen LogP contribution in [0.5, 0.6) is 0 Å². The molecule has 76 valence electrons. The Morgan fingerprint density at radius 3 is 2.93 bits per heavy atom. The highest BCUT2D eigenvalue weighted by molar-refractivity contribution is 5.54. The maximum Gasteiger partial charge on any atom is 0.148 e. The molecule has 0 aliphatic rings. The van der Waals surface area contributed by atoms with Gasteiger partial charge in [-0.3, -0.25) is 0 Å². The number of hydrogen-bond acceptors (Lipinski definition) is 3. The topological polar surface area (TPSA) is 47.8 Å². The minimum atomic E-state index is -0.393. The lowest BCUT2D eigenvalue weighted by atomic mass is 10.3. The monoisotopic (exact) mass is 205 g/mol. The van der Waals surface area contributed by atoms with Crippen LogP contribution in [0, 0.1) is 5.82 Å². The first-order valence-corrected chi connectivity index (χ1v) is 4.41. The summed E-state index contributed by atoms with van der Waals surface area (Å²) < 4.78 is 14.7. The fourth-order valence-electron chi connectivity index (χ4n) is 1.31. The van der Waals surface area contributed by atoms with Crippen molar-refractivity contribution in [3.8, 4) is 5.69 Å². The molecule has 2 rings (SSSR count). The molecule has 0 bridgehead atoms. The molecule has 1 aromatic carbocycles. The zero-order valence-corrected chi connectivity index (χ0v) is 7.80. The van der Waals surface area contributed by atoms with Gasteiger partial charge in [0.1, 0.15) is 17.8 Å². The highest BCUT2D eigenvalue weighted by Gasteiger charge is 2.09. The summed E-state index contributed by atoms with van der Waals surface area (Å²) in [5, 5.41) is 7.38. The first-order valence-electron chi connectivity index (χ1n) is 4.41. The van der Waals surface area contributed by atoms with Gasteiger partial charge in [0.05, 0.1) is 11.9 Å². The minimum absolute atomic E-state index is 0.168. The Morgan fingerprint density at radius 2 is 2.20 bits per heavy atom. The van der Waals surface area contributed by atoms with Crippen molar-refractivity contribution >= 4 is 6.29 Å². The highest BCUT2D eigenvalue weighted by atomic mass is 19.1. The number of carbonyl (C=O) groups excluding carboxylic acids is 1. The standard InChI is InChI=1S/C10H8FN3O/c11-9-3-1-2-4-10(9)14-8(5-6-15)7-12-13-14/h1-4,6-7H,5H2. The van der Waals surface area contributed by atoms with Crippen LogP contribution in [0.3, 0.4) is 0 Å². The zero-order chi connectivity index (χ0) is 10.7. The van der Waals surface area contributed by atoms with E-state index in [4.69, 9.17) is 0 Å². The summed E-state index contributed by atoms with van der Waals surface area (Å²) in [5.74, 6) is -0.393. The third-order valence-electron chi connectivity index (χ3n) is 1.99. The van der Waals surface area contributed by atoms with Gasteiger partial charge in [-0.25, -0.2) is 9.07 Å². The summed E-state index contributed by atoms with van der Waals surface area (Å²) in [6, 6.07) is 6.21. The summed E-state index contributed by atoms with van der Waals surface area (Å²) in [7, 11) is 0. The molecular weight excluding hydrogens is 197 g/mol. The van der Waals surface area contributed by atoms with Crippen LogP contribution >= 0.6 is 0 Å². The van der Waals surface area contributed by atoms with Gasteiger partial charge in [0.25, 0.3) is 0 Å². The average Bonchev–Trinajstić information content (AvgIpc) is 2.67. The second-order valence-electron chi connectivity index (χ2n) is 2.96. The number of halogens is 1. The number of hydrogen-bond donors (Lipinski definition) is 0. The summed E-state index contributed by atoms with van der Waals surface area (Å²) in [5.41, 5.74) is 0.863. The number of para-hydroxylation sites is 1. The van der Waals surface area contributed by atoms with Crippen LogP contribution in [0.15, 0.2) is 30.5 Å². The number of benzene rings is 1. The van der Waals surface area contributed by atoms with Crippen LogP contribution in [0.4, 0.5) is 4.39 Å². The summed E-state index contributed by atoms with van der Waals surface area (Å²) in [6.45, 7) is 0. The van der Waals surface area contributed by atoms with Gasteiger partial charge in [0.15, 0.2) is 0 Å². The molecule has 0 aliphatic heterocycles. The van der Waals surface area contributed by atoms with E-state index in [1.165, 1.54) is 16.9 Å². The molecule has 0 unspecified atom stereocenters. The minimum Gasteiger partial charge on any atom is -0.303 e. The Labute approximate surface area is 85.3 Å². The average molecular weight is 205 g/mol. The van der Waals surface area contributed by atoms with Crippen LogP contribution in [0.1, 0.15) is 5.69 Å². The zero-order valence-electron chi connectivity index (χ0n) is 7.80. The smallest absolute Gasteiger partial charge is 0.148 e. The molecule has 1 heterocycles. The molecule has 2 aromatic rings. The van der Waals surface area contributed by atoms with Gasteiger partial charge in [-0.15, -0.1) is 5.10 Å². The van der Waals surface area contributed by atoms with Crippen LogP contribution in [-0.2, 0) is 11.2 Å². The molecule has 0 N–H and O–H groups in total. The quantitative estimate of drug-likeness (QED) is 0.706. The normalized spacial score (nSPS) is 10.2. The predicted molar refractivity (Wildman–Crippen MR) is 51.1 cm³/mol. The van der Waals surface area contributed by atoms with E-state index in [0.717, 1.165) is 6.29 Å². The Balaban J connectivity index is 2.49. The van der Waals surface area contributed by atoms with Gasteiger partial charge in [-0.05, 0) is 12.1 Å². The Bertz CT molecular complexity index is 481. The molecule has 0 atom stereocenters. The Kier molecular flexibility index (Phi) is 2.53. The van der Waals surface area contributed by atoms with Crippen molar-refractivity contribution in [1.29, 1.82) is 0 Å². The first-order chi connectivity index (χ1) is 7.33. The Hall–Kier alpha value is -2.04. The molecule has 0 radical (unpaired) electrons. The fourth-order valence-corrected chi connectivity index (χ4v) is 1.31. The second kappa shape index (κ2) is 4.00. The van der Waals surface area contributed by atoms with Gasteiger partial charge < -0.3 is 4.79 Å². The number of rotatable bonds is 3. The molecule has 0 aliphatic carbocycles. The molecule has 1 aromatic heterocycles. The first kappa shape index (κ1) is 9.51. The van der Waals surface area contributed by atoms with Gasteiger partial charge in [-0.2, -0.15) is 0 Å². The molecule has 0 fully saturated rings. The molecule has 0 saturated carbocycles. The Morgan fingerprint density at radius 1 is 1.40 bits per heavy atom. The predicted octanol–water partition coefficient (Wildman–Crippen LogP) is 1.15. The molecule has 0 amide bonds. The van der Waals surface area contributed by atoms with Gasteiger partial charge in [-0.1, -0.05) is 17.3 Å². The van der Waals surface area contributed by atoms with E-state index in [1.807, 2.05) is 0 Å². The summed E-state index contributed by atoms with van der Waals surface area (Å²) in [6.07, 6.45) is 2.35. The molecular formula is C10H8FN3O. The van der Waals surface area contributed by atoms with E-state index in [0.29, 0.717) is 11.4 Å². The van der Waals surface area contributed by atoms with E-state index in [1.54, 1.807) is 18.2 Å². The lowest BCUT2D eigenvalue weighted by Gasteiger charge is -2.04. The van der Waals surface area contributed by atoms with Crippen molar-refractivity contribution in [3.63, 3.8) is 0 Å². The maximum absolute atomic E-state index is 13.4. The van der Waals surface area contributed by atoms with Gasteiger partial charge in [0.2, 0.25) is 0 Å². The van der Waals surface area contributed by atoms with Gasteiger partial charge >= 0.3 is 0 Å². The lowest BCUT2D eigenvalue weighted by molar-refractivity contribution is -0.107. The third kappa shape index (κ3) is 1.76. The number of carbonyl (C=O) groups is 1. The summed E-state index contributed by atoms with van der Waals surface area (Å²) >= 11 is 0. The number of nitrogens with zero attached hydrogens (tertiary/aromatic N) is 3. The van der Waals surface area contributed by atoms with E-state index in [2.05, 4.69) is 10.3 Å². The van der Waals surface area contributed by atoms with Crippen molar-refractivity contribution in [2.24, 2.45) is 0 Å². The van der Waals surface area contributed by atoms with Crippen molar-refractivity contribution in [2.75, 3.05) is 0 Å². The van der Waals surface area contributed by atoms with E-state index in [9.17, 15) is 9.18 Å². The largest absolute Gasteiger partial charge is 0.303 e. The molecule has 0 saturated heterocycles. The fraction of sp³-hybridized carbons (Fsp3) is 0.100. The van der Waals surface area contributed by atoms with Crippen molar-refractivity contribution in [1.82, 2.24) is 15.0 Å². The molecule has 4 nitrogen and oxygen atoms in total. The van der Waals surface area contributed by atoms with Crippen LogP contribution in [0.2, 0.25) is 0 Å². The van der Waals surface area contributed by atoms with Crippen molar-refractivity contribution in [2.45, 2.75) is 6.42 Å². The van der Waals surface area contributed by atoms with E-state index in [-0.39, 0.29) is 6.42 Å². The molecule has 0 spiro atoms. The van der Waals surface area contributed by atoms with Crippen molar-refractivity contribution in [3.05, 3.63) is 42.0 Å². The number of aldehydes is 1. The SMILES string of the molecule is O=CCc1cnnn1-c1ccccc1F. The van der Waals surface area contributed by atoms with E-state index >= 15 is 0 Å². The maximum atomic E-state index is 13.4. The van der Waals surface area contributed by atoms with E-state index < -0.39 is 5.82 Å². The van der Waals surface area contributed by atoms with Crippen LogP contribution < -0.4 is 0 Å². The summed E-state index contributed by atoms with van der Waals surface area (Å²) in [4.78, 5) is 10.4. The lowest BCUT2D eigenvalue weighted by Crippen LogP contribution is -2.04. The van der Waals surface area contributed by atoms with Gasteiger partial charge in [0, 0.05) is 6.42 Å². The second-order valence-corrected chi connectivity index (χ2v) is 2.96. The van der Waals surface area contributed by atoms with Crippen LogP contribution in [0.25, 0.3) is 5.69 Å². The molecule has 5 heteroatoms. The third-order valence-corrected chi connectivity index (χ3v) is 1.99. The van der Waals surface area contributed by atoms with Crippen molar-refractivity contribution < 1.29 is 9.18 Å². The highest BCUT2D eigenvalue weighted by Crippen LogP contribution is 2.13. The van der Waals surface area contributed by atoms with Crippen LogP contribution in [-0.4, -0.2) is 21.3 Å².